The van der Waals surface area contributed by atoms with Crippen LogP contribution in [0, 0.1) is 11.7 Å². The Bertz CT molecular complexity index is 580. The van der Waals surface area contributed by atoms with E-state index in [0.717, 1.165) is 17.0 Å². The van der Waals surface area contributed by atoms with E-state index in [2.05, 4.69) is 38.2 Å². The van der Waals surface area contributed by atoms with Crippen molar-refractivity contribution in [3.63, 3.8) is 0 Å². The Kier molecular flexibility index (Phi) is 5.19. The molecular weight excluding hydrogens is 293 g/mol. The number of thiophene rings is 1. The van der Waals surface area contributed by atoms with E-state index in [1.807, 2.05) is 0 Å². The molecule has 0 saturated heterocycles. The van der Waals surface area contributed by atoms with Gasteiger partial charge in [0.15, 0.2) is 0 Å². The topological polar surface area (TPSA) is 12.0 Å². The van der Waals surface area contributed by atoms with E-state index in [-0.39, 0.29) is 10.8 Å². The Balaban J connectivity index is 2.29. The summed E-state index contributed by atoms with van der Waals surface area (Å²) in [5.41, 5.74) is 0.964. The van der Waals surface area contributed by atoms with Crippen molar-refractivity contribution in [3.8, 4) is 10.4 Å². The molecule has 2 rings (SSSR count). The first-order chi connectivity index (χ1) is 9.52. The van der Waals surface area contributed by atoms with Gasteiger partial charge >= 0.3 is 0 Å². The van der Waals surface area contributed by atoms with Crippen molar-refractivity contribution in [3.05, 3.63) is 46.0 Å². The molecule has 0 fully saturated rings. The smallest absolute Gasteiger partial charge is 0.141 e. The van der Waals surface area contributed by atoms with E-state index in [1.165, 1.54) is 10.9 Å². The molecule has 1 unspecified atom stereocenters. The monoisotopic (exact) mass is 311 g/mol. The minimum Gasteiger partial charge on any atom is -0.309 e. The Morgan fingerprint density at radius 2 is 2.00 bits per heavy atom. The van der Waals surface area contributed by atoms with Crippen LogP contribution < -0.4 is 5.32 Å². The maximum absolute atomic E-state index is 13.2. The van der Waals surface area contributed by atoms with Crippen LogP contribution in [0.5, 0.6) is 0 Å². The van der Waals surface area contributed by atoms with Crippen molar-refractivity contribution in [2.75, 3.05) is 6.54 Å². The summed E-state index contributed by atoms with van der Waals surface area (Å²) in [4.78, 5) is 2.42. The van der Waals surface area contributed by atoms with Crippen LogP contribution >= 0.6 is 22.9 Å². The summed E-state index contributed by atoms with van der Waals surface area (Å²) in [5, 5.41) is 3.68. The second-order valence-corrected chi connectivity index (χ2v) is 6.63. The van der Waals surface area contributed by atoms with Gasteiger partial charge in [0.05, 0.1) is 5.02 Å². The Morgan fingerprint density at radius 1 is 1.25 bits per heavy atom. The molecule has 0 aliphatic carbocycles. The van der Waals surface area contributed by atoms with Gasteiger partial charge in [0.2, 0.25) is 0 Å². The lowest BCUT2D eigenvalue weighted by molar-refractivity contribution is 0.428. The molecule has 2 aromatic rings. The zero-order chi connectivity index (χ0) is 14.7. The van der Waals surface area contributed by atoms with Gasteiger partial charge in [0.1, 0.15) is 5.82 Å². The van der Waals surface area contributed by atoms with Crippen LogP contribution in [0.25, 0.3) is 10.4 Å². The SMILES string of the molecule is CCNC(c1ccc(-c2ccc(F)c(Cl)c2)s1)C(C)C. The third-order valence-electron chi connectivity index (χ3n) is 3.23. The predicted molar refractivity (Wildman–Crippen MR) is 86.0 cm³/mol. The molecule has 0 spiro atoms. The fourth-order valence-corrected chi connectivity index (χ4v) is 3.64. The van der Waals surface area contributed by atoms with Gasteiger partial charge in [0, 0.05) is 15.8 Å². The van der Waals surface area contributed by atoms with Crippen LogP contribution in [0.3, 0.4) is 0 Å². The van der Waals surface area contributed by atoms with Gasteiger partial charge in [0.25, 0.3) is 0 Å². The van der Waals surface area contributed by atoms with Crippen LogP contribution in [0.2, 0.25) is 5.02 Å². The number of hydrogen-bond acceptors (Lipinski definition) is 2. The fourth-order valence-electron chi connectivity index (χ4n) is 2.21. The van der Waals surface area contributed by atoms with Crippen LogP contribution in [-0.4, -0.2) is 6.54 Å². The lowest BCUT2D eigenvalue weighted by Gasteiger charge is -2.20. The number of halogens is 2. The molecule has 4 heteroatoms. The molecule has 0 amide bonds. The van der Waals surface area contributed by atoms with E-state index in [4.69, 9.17) is 11.6 Å². The van der Waals surface area contributed by atoms with Gasteiger partial charge in [-0.1, -0.05) is 38.4 Å². The van der Waals surface area contributed by atoms with Crippen molar-refractivity contribution in [1.29, 1.82) is 0 Å². The van der Waals surface area contributed by atoms with Crippen molar-refractivity contribution in [1.82, 2.24) is 5.32 Å². The van der Waals surface area contributed by atoms with Crippen LogP contribution in [0.15, 0.2) is 30.3 Å². The minimum absolute atomic E-state index is 0.171. The second-order valence-electron chi connectivity index (χ2n) is 5.11. The molecule has 0 aliphatic heterocycles. The molecule has 1 heterocycles. The third kappa shape index (κ3) is 3.40. The van der Waals surface area contributed by atoms with Gasteiger partial charge in [-0.3, -0.25) is 0 Å². The maximum Gasteiger partial charge on any atom is 0.141 e. The van der Waals surface area contributed by atoms with Crippen LogP contribution in [0.4, 0.5) is 4.39 Å². The molecule has 0 aliphatic rings. The molecule has 1 atom stereocenters. The highest BCUT2D eigenvalue weighted by Gasteiger charge is 2.17. The summed E-state index contributed by atoms with van der Waals surface area (Å²) in [6.07, 6.45) is 0. The number of hydrogen-bond donors (Lipinski definition) is 1. The zero-order valence-corrected chi connectivity index (χ0v) is 13.5. The van der Waals surface area contributed by atoms with Gasteiger partial charge in [-0.25, -0.2) is 4.39 Å². The van der Waals surface area contributed by atoms with E-state index in [1.54, 1.807) is 23.5 Å². The van der Waals surface area contributed by atoms with Gasteiger partial charge < -0.3 is 5.32 Å². The summed E-state index contributed by atoms with van der Waals surface area (Å²) in [6.45, 7) is 7.48. The first-order valence-electron chi connectivity index (χ1n) is 6.81. The fraction of sp³-hybridized carbons (Fsp3) is 0.375. The standard InChI is InChI=1S/C16H19ClFNS/c1-4-19-16(10(2)3)15-8-7-14(20-15)11-5-6-13(18)12(17)9-11/h5-10,16,19H,4H2,1-3H3. The molecule has 0 saturated carbocycles. The molecule has 1 aromatic carbocycles. The Hall–Kier alpha value is -0.900. The summed E-state index contributed by atoms with van der Waals surface area (Å²) >= 11 is 7.58. The predicted octanol–water partition coefficient (Wildman–Crippen LogP) is 5.51. The second kappa shape index (κ2) is 6.70. The molecule has 1 N–H and O–H groups in total. The molecule has 0 bridgehead atoms. The van der Waals surface area contributed by atoms with E-state index in [0.29, 0.717) is 12.0 Å². The van der Waals surface area contributed by atoms with Crippen molar-refractivity contribution in [2.24, 2.45) is 5.92 Å². The summed E-state index contributed by atoms with van der Waals surface area (Å²) in [7, 11) is 0. The Morgan fingerprint density at radius 3 is 2.60 bits per heavy atom. The average Bonchev–Trinajstić information content (AvgIpc) is 2.88. The van der Waals surface area contributed by atoms with Crippen molar-refractivity contribution >= 4 is 22.9 Å². The largest absolute Gasteiger partial charge is 0.309 e. The van der Waals surface area contributed by atoms with Gasteiger partial charge in [-0.15, -0.1) is 11.3 Å². The van der Waals surface area contributed by atoms with Crippen molar-refractivity contribution < 1.29 is 4.39 Å². The first kappa shape index (κ1) is 15.5. The van der Waals surface area contributed by atoms with E-state index < -0.39 is 0 Å². The molecular formula is C16H19ClFNS. The average molecular weight is 312 g/mol. The maximum atomic E-state index is 13.2. The molecule has 20 heavy (non-hydrogen) atoms. The quantitative estimate of drug-likeness (QED) is 0.767. The lowest BCUT2D eigenvalue weighted by atomic mass is 10.0. The summed E-state index contributed by atoms with van der Waals surface area (Å²) < 4.78 is 13.2. The zero-order valence-electron chi connectivity index (χ0n) is 11.9. The normalized spacial score (nSPS) is 12.9. The van der Waals surface area contributed by atoms with Gasteiger partial charge in [-0.2, -0.15) is 0 Å². The van der Waals surface area contributed by atoms with Crippen LogP contribution in [-0.2, 0) is 0 Å². The molecule has 108 valence electrons. The van der Waals surface area contributed by atoms with Crippen LogP contribution in [0.1, 0.15) is 31.7 Å². The first-order valence-corrected chi connectivity index (χ1v) is 8.01. The van der Waals surface area contributed by atoms with E-state index in [9.17, 15) is 4.39 Å². The summed E-state index contributed by atoms with van der Waals surface area (Å²) in [6, 6.07) is 9.45. The Labute approximate surface area is 128 Å². The van der Waals surface area contributed by atoms with Gasteiger partial charge in [-0.05, 0) is 42.3 Å². The lowest BCUT2D eigenvalue weighted by Crippen LogP contribution is -2.24. The number of nitrogens with one attached hydrogen (secondary N) is 1. The van der Waals surface area contributed by atoms with Crippen molar-refractivity contribution in [2.45, 2.75) is 26.8 Å². The third-order valence-corrected chi connectivity index (χ3v) is 4.74. The highest BCUT2D eigenvalue weighted by atomic mass is 35.5. The number of rotatable bonds is 5. The molecule has 1 nitrogen and oxygen atoms in total. The highest BCUT2D eigenvalue weighted by Crippen LogP contribution is 2.35. The molecule has 0 radical (unpaired) electrons. The van der Waals surface area contributed by atoms with E-state index >= 15 is 0 Å². The highest BCUT2D eigenvalue weighted by molar-refractivity contribution is 7.15. The summed E-state index contributed by atoms with van der Waals surface area (Å²) in [5.74, 6) is 0.151. The molecule has 1 aromatic heterocycles. The minimum atomic E-state index is -0.375. The number of benzene rings is 1.